The molecule has 1 fully saturated rings. The third kappa shape index (κ3) is 2.89. The van der Waals surface area contributed by atoms with Crippen LogP contribution in [0.2, 0.25) is 0 Å². The number of carbonyl (C=O) groups excluding carboxylic acids is 2. The molecule has 1 saturated heterocycles. The van der Waals surface area contributed by atoms with Gasteiger partial charge >= 0.3 is 0 Å². The Morgan fingerprint density at radius 2 is 2.54 bits per heavy atom. The summed E-state index contributed by atoms with van der Waals surface area (Å²) in [4.78, 5) is 22.2. The van der Waals surface area contributed by atoms with Crippen molar-refractivity contribution in [2.45, 2.75) is 12.5 Å². The second kappa shape index (κ2) is 4.48. The molecule has 1 atom stereocenters. The first kappa shape index (κ1) is 10.3. The number of hydrazine groups is 1. The first-order valence-corrected chi connectivity index (χ1v) is 4.68. The number of carbonyl (C=O) groups is 2. The summed E-state index contributed by atoms with van der Waals surface area (Å²) < 4.78 is 0. The fourth-order valence-corrected chi connectivity index (χ4v) is 1.35. The lowest BCUT2D eigenvalue weighted by Gasteiger charge is -2.08. The fraction of sp³-hybridized carbons (Fsp3) is 0.714. The minimum absolute atomic E-state index is 0.134. The Hall–Kier alpha value is -0.750. The first-order chi connectivity index (χ1) is 6.13. The van der Waals surface area contributed by atoms with Gasteiger partial charge in [0, 0.05) is 20.0 Å². The minimum atomic E-state index is -0.419. The highest BCUT2D eigenvalue weighted by molar-refractivity contribution is 7.80. The van der Waals surface area contributed by atoms with Gasteiger partial charge in [-0.25, -0.2) is 5.01 Å². The molecular formula is C7H13N3O2S. The Bertz CT molecular complexity index is 222. The molecular weight excluding hydrogens is 190 g/mol. The van der Waals surface area contributed by atoms with Crippen molar-refractivity contribution >= 4 is 24.4 Å². The molecule has 2 N–H and O–H groups in total. The van der Waals surface area contributed by atoms with Crippen LogP contribution < -0.4 is 10.7 Å². The number of nitrogens with one attached hydrogen (secondary N) is 2. The lowest BCUT2D eigenvalue weighted by molar-refractivity contribution is -0.127. The first-order valence-electron chi connectivity index (χ1n) is 4.05. The van der Waals surface area contributed by atoms with Crippen LogP contribution in [0.4, 0.5) is 0 Å². The summed E-state index contributed by atoms with van der Waals surface area (Å²) in [5.41, 5.74) is 2.57. The molecule has 0 aromatic carbocycles. The summed E-state index contributed by atoms with van der Waals surface area (Å²) in [7, 11) is 1.75. The van der Waals surface area contributed by atoms with Crippen LogP contribution >= 0.6 is 12.6 Å². The third-order valence-corrected chi connectivity index (χ3v) is 1.97. The summed E-state index contributed by atoms with van der Waals surface area (Å²) in [5, 5.41) is 4.27. The summed E-state index contributed by atoms with van der Waals surface area (Å²) >= 11 is 3.92. The van der Waals surface area contributed by atoms with E-state index in [2.05, 4.69) is 23.4 Å². The molecule has 13 heavy (non-hydrogen) atoms. The molecule has 2 amide bonds. The van der Waals surface area contributed by atoms with Crippen molar-refractivity contribution in [1.29, 1.82) is 0 Å². The Morgan fingerprint density at radius 1 is 1.85 bits per heavy atom. The summed E-state index contributed by atoms with van der Waals surface area (Å²) in [6.45, 7) is 0.511. The maximum Gasteiger partial charge on any atom is 0.258 e. The van der Waals surface area contributed by atoms with E-state index >= 15 is 0 Å². The van der Waals surface area contributed by atoms with E-state index < -0.39 is 6.04 Å². The van der Waals surface area contributed by atoms with Crippen LogP contribution in [-0.2, 0) is 9.59 Å². The Balaban J connectivity index is 2.37. The number of hydrogen-bond acceptors (Lipinski definition) is 4. The topological polar surface area (TPSA) is 61.4 Å². The van der Waals surface area contributed by atoms with Crippen LogP contribution in [-0.4, -0.2) is 42.2 Å². The van der Waals surface area contributed by atoms with Gasteiger partial charge in [0.15, 0.2) is 0 Å². The maximum atomic E-state index is 11.1. The van der Waals surface area contributed by atoms with Gasteiger partial charge in [-0.2, -0.15) is 12.6 Å². The van der Waals surface area contributed by atoms with E-state index in [1.165, 1.54) is 0 Å². The quantitative estimate of drug-likeness (QED) is 0.503. The molecule has 1 rings (SSSR count). The predicted molar refractivity (Wildman–Crippen MR) is 51.2 cm³/mol. The van der Waals surface area contributed by atoms with E-state index in [1.807, 2.05) is 0 Å². The van der Waals surface area contributed by atoms with Crippen LogP contribution in [0.15, 0.2) is 0 Å². The average molecular weight is 203 g/mol. The van der Waals surface area contributed by atoms with Gasteiger partial charge in [-0.1, -0.05) is 0 Å². The molecule has 0 aliphatic carbocycles. The van der Waals surface area contributed by atoms with Crippen molar-refractivity contribution < 1.29 is 9.59 Å². The molecule has 0 aromatic rings. The highest BCUT2D eigenvalue weighted by Gasteiger charge is 2.28. The molecule has 0 spiro atoms. The molecule has 1 unspecified atom stereocenters. The monoisotopic (exact) mass is 203 g/mol. The zero-order valence-electron chi connectivity index (χ0n) is 7.41. The van der Waals surface area contributed by atoms with Crippen LogP contribution in [0, 0.1) is 0 Å². The zero-order valence-corrected chi connectivity index (χ0v) is 8.30. The highest BCUT2D eigenvalue weighted by atomic mass is 32.1. The predicted octanol–water partition coefficient (Wildman–Crippen LogP) is -1.23. The Kier molecular flexibility index (Phi) is 3.56. The van der Waals surface area contributed by atoms with Crippen molar-refractivity contribution in [3.05, 3.63) is 0 Å². The minimum Gasteiger partial charge on any atom is -0.343 e. The fourth-order valence-electron chi connectivity index (χ4n) is 1.15. The van der Waals surface area contributed by atoms with Gasteiger partial charge in [-0.15, -0.1) is 0 Å². The smallest absolute Gasteiger partial charge is 0.258 e. The van der Waals surface area contributed by atoms with E-state index in [1.54, 1.807) is 12.1 Å². The summed E-state index contributed by atoms with van der Waals surface area (Å²) in [6, 6.07) is -0.419. The Morgan fingerprint density at radius 3 is 3.00 bits per heavy atom. The molecule has 0 bridgehead atoms. The van der Waals surface area contributed by atoms with Crippen molar-refractivity contribution in [3.8, 4) is 0 Å². The van der Waals surface area contributed by atoms with Crippen LogP contribution in [0.3, 0.4) is 0 Å². The van der Waals surface area contributed by atoms with Crippen molar-refractivity contribution in [2.24, 2.45) is 0 Å². The van der Waals surface area contributed by atoms with Gasteiger partial charge < -0.3 is 5.32 Å². The molecule has 1 heterocycles. The number of hydrogen-bond donors (Lipinski definition) is 3. The zero-order chi connectivity index (χ0) is 9.84. The number of amides is 2. The van der Waals surface area contributed by atoms with Crippen LogP contribution in [0.1, 0.15) is 6.42 Å². The third-order valence-electron chi connectivity index (χ3n) is 1.75. The molecule has 0 aromatic heterocycles. The van der Waals surface area contributed by atoms with Crippen LogP contribution in [0.25, 0.3) is 0 Å². The molecule has 0 saturated carbocycles. The second-order valence-electron chi connectivity index (χ2n) is 2.95. The standard InChI is InChI=1S/C7H13N3O2S/c1-10-4-5(7(12)9-10)8-6(11)2-3-13/h5,13H,2-4H2,1H3,(H,8,11)(H,9,12). The molecule has 0 radical (unpaired) electrons. The highest BCUT2D eigenvalue weighted by Crippen LogP contribution is 1.97. The van der Waals surface area contributed by atoms with E-state index in [-0.39, 0.29) is 11.8 Å². The number of rotatable bonds is 3. The lowest BCUT2D eigenvalue weighted by atomic mass is 10.3. The van der Waals surface area contributed by atoms with Crippen molar-refractivity contribution in [1.82, 2.24) is 15.8 Å². The maximum absolute atomic E-state index is 11.1. The largest absolute Gasteiger partial charge is 0.343 e. The lowest BCUT2D eigenvalue weighted by Crippen LogP contribution is -2.41. The van der Waals surface area contributed by atoms with Crippen molar-refractivity contribution in [3.63, 3.8) is 0 Å². The van der Waals surface area contributed by atoms with E-state index in [4.69, 9.17) is 0 Å². The SMILES string of the molecule is CN1CC(NC(=O)CCS)C(=O)N1. The van der Waals surface area contributed by atoms with Gasteiger partial charge in [0.25, 0.3) is 5.91 Å². The normalized spacial score (nSPS) is 22.9. The van der Waals surface area contributed by atoms with Crippen LogP contribution in [0.5, 0.6) is 0 Å². The summed E-state index contributed by atoms with van der Waals surface area (Å²) in [6.07, 6.45) is 0.344. The summed E-state index contributed by atoms with van der Waals surface area (Å²) in [5.74, 6) is 0.205. The number of nitrogens with zero attached hydrogens (tertiary/aromatic N) is 1. The van der Waals surface area contributed by atoms with E-state index in [0.717, 1.165) is 0 Å². The van der Waals surface area contributed by atoms with Gasteiger partial charge in [-0.3, -0.25) is 15.0 Å². The van der Waals surface area contributed by atoms with Crippen molar-refractivity contribution in [2.75, 3.05) is 19.3 Å². The average Bonchev–Trinajstić information content (AvgIpc) is 2.30. The van der Waals surface area contributed by atoms with Gasteiger partial charge in [-0.05, 0) is 5.75 Å². The molecule has 1 aliphatic heterocycles. The van der Waals surface area contributed by atoms with Gasteiger partial charge in [0.05, 0.1) is 0 Å². The second-order valence-corrected chi connectivity index (χ2v) is 3.40. The number of likely N-dealkylation sites (N-methyl/N-ethyl adjacent to an activating group) is 1. The van der Waals surface area contributed by atoms with E-state index in [9.17, 15) is 9.59 Å². The Labute approximate surface area is 82.2 Å². The van der Waals surface area contributed by atoms with Gasteiger partial charge in [0.2, 0.25) is 5.91 Å². The molecule has 74 valence electrons. The molecule has 6 heteroatoms. The molecule has 1 aliphatic rings. The molecule has 5 nitrogen and oxygen atoms in total. The van der Waals surface area contributed by atoms with Gasteiger partial charge in [0.1, 0.15) is 6.04 Å². The van der Waals surface area contributed by atoms with E-state index in [0.29, 0.717) is 18.7 Å². The number of thiol groups is 1.